The molecule has 2 aliphatic heterocycles. The number of benzene rings is 1. The zero-order valence-electron chi connectivity index (χ0n) is 21.4. The van der Waals surface area contributed by atoms with Crippen LogP contribution in [0.25, 0.3) is 0 Å². The highest BCUT2D eigenvalue weighted by Gasteiger charge is 2.44. The summed E-state index contributed by atoms with van der Waals surface area (Å²) in [5.74, 6) is 1.42. The van der Waals surface area contributed by atoms with Crippen molar-refractivity contribution in [2.24, 2.45) is 18.9 Å². The molecule has 1 unspecified atom stereocenters. The highest BCUT2D eigenvalue weighted by Crippen LogP contribution is 2.46. The number of likely N-dealkylation sites (tertiary alicyclic amines) is 2. The molecule has 0 amide bonds. The van der Waals surface area contributed by atoms with Crippen LogP contribution in [0.1, 0.15) is 90.6 Å². The molecule has 1 aromatic heterocycles. The summed E-state index contributed by atoms with van der Waals surface area (Å²) in [6.07, 6.45) is 6.98. The Kier molecular flexibility index (Phi) is 6.57. The van der Waals surface area contributed by atoms with E-state index in [-0.39, 0.29) is 11.1 Å². The minimum Gasteiger partial charge on any atom is -0.291 e. The van der Waals surface area contributed by atoms with Crippen molar-refractivity contribution < 1.29 is 0 Å². The molecular formula is C28H44N4. The number of aryl methyl sites for hydroxylation is 1. The summed E-state index contributed by atoms with van der Waals surface area (Å²) in [6.45, 7) is 17.0. The number of nitrogens with zero attached hydrogens (tertiary/aromatic N) is 4. The molecule has 0 aliphatic carbocycles. The van der Waals surface area contributed by atoms with Crippen LogP contribution in [0.3, 0.4) is 0 Å². The molecule has 0 bridgehead atoms. The molecule has 2 fully saturated rings. The number of piperidine rings is 1. The molecule has 0 saturated carbocycles. The lowest BCUT2D eigenvalue weighted by atomic mass is 9.73. The predicted octanol–water partition coefficient (Wildman–Crippen LogP) is 6.22. The zero-order chi connectivity index (χ0) is 23.1. The van der Waals surface area contributed by atoms with Gasteiger partial charge in [-0.15, -0.1) is 0 Å². The van der Waals surface area contributed by atoms with Gasteiger partial charge in [-0.3, -0.25) is 14.5 Å². The lowest BCUT2D eigenvalue weighted by Crippen LogP contribution is -2.53. The summed E-state index contributed by atoms with van der Waals surface area (Å²) >= 11 is 0. The lowest BCUT2D eigenvalue weighted by Gasteiger charge is -2.52. The van der Waals surface area contributed by atoms with Gasteiger partial charge in [-0.05, 0) is 90.3 Å². The third-order valence-electron chi connectivity index (χ3n) is 8.23. The van der Waals surface area contributed by atoms with Crippen LogP contribution in [0, 0.1) is 11.8 Å². The van der Waals surface area contributed by atoms with E-state index in [1.165, 1.54) is 50.0 Å². The van der Waals surface area contributed by atoms with Crippen molar-refractivity contribution in [3.05, 3.63) is 53.9 Å². The maximum absolute atomic E-state index is 4.46. The topological polar surface area (TPSA) is 24.3 Å². The quantitative estimate of drug-likeness (QED) is 0.556. The van der Waals surface area contributed by atoms with Crippen LogP contribution in [-0.4, -0.2) is 43.7 Å². The molecule has 0 radical (unpaired) electrons. The van der Waals surface area contributed by atoms with Crippen molar-refractivity contribution in [1.82, 2.24) is 19.6 Å². The Morgan fingerprint density at radius 3 is 2.31 bits per heavy atom. The lowest BCUT2D eigenvalue weighted by molar-refractivity contribution is -0.0216. The fourth-order valence-corrected chi connectivity index (χ4v) is 6.52. The predicted molar refractivity (Wildman–Crippen MR) is 133 cm³/mol. The van der Waals surface area contributed by atoms with Gasteiger partial charge in [0, 0.05) is 36.9 Å². The average Bonchev–Trinajstić information content (AvgIpc) is 3.38. The molecule has 1 aromatic carbocycles. The van der Waals surface area contributed by atoms with Gasteiger partial charge in [-0.1, -0.05) is 37.3 Å². The van der Waals surface area contributed by atoms with Crippen LogP contribution in [0.4, 0.5) is 0 Å². The minimum atomic E-state index is 0.175. The number of hydrogen-bond acceptors (Lipinski definition) is 3. The highest BCUT2D eigenvalue weighted by molar-refractivity contribution is 5.21. The Labute approximate surface area is 196 Å². The van der Waals surface area contributed by atoms with E-state index in [2.05, 4.69) is 105 Å². The standard InChI is InChI=1S/C28H44N4/c1-21-20-32(27(2,3)4)26(22-12-9-8-10-13-22)18-23(21)19-28(5,6)31-17-11-14-25(31)24-15-16-29-30(24)7/h8-10,12-13,15-16,21,23,25-26H,11,14,17-20H2,1-7H3/t21-,23?,25+,26+/m0/s1. The van der Waals surface area contributed by atoms with E-state index >= 15 is 0 Å². The van der Waals surface area contributed by atoms with Gasteiger partial charge in [-0.25, -0.2) is 0 Å². The largest absolute Gasteiger partial charge is 0.291 e. The molecule has 0 spiro atoms. The van der Waals surface area contributed by atoms with E-state index in [4.69, 9.17) is 0 Å². The van der Waals surface area contributed by atoms with Gasteiger partial charge < -0.3 is 0 Å². The monoisotopic (exact) mass is 436 g/mol. The van der Waals surface area contributed by atoms with E-state index in [0.29, 0.717) is 18.0 Å². The van der Waals surface area contributed by atoms with Crippen LogP contribution in [0.15, 0.2) is 42.6 Å². The second-order valence-corrected chi connectivity index (χ2v) is 12.0. The Morgan fingerprint density at radius 1 is 0.969 bits per heavy atom. The Bertz CT molecular complexity index is 878. The molecule has 4 nitrogen and oxygen atoms in total. The Hall–Kier alpha value is -1.65. The molecule has 3 heterocycles. The maximum atomic E-state index is 4.46. The Morgan fingerprint density at radius 2 is 1.69 bits per heavy atom. The van der Waals surface area contributed by atoms with Crippen molar-refractivity contribution in [1.29, 1.82) is 0 Å². The van der Waals surface area contributed by atoms with Gasteiger partial charge in [0.25, 0.3) is 0 Å². The number of rotatable bonds is 5. The van der Waals surface area contributed by atoms with Gasteiger partial charge in [-0.2, -0.15) is 5.10 Å². The summed E-state index contributed by atoms with van der Waals surface area (Å²) in [4.78, 5) is 5.54. The smallest absolute Gasteiger partial charge is 0.0552 e. The van der Waals surface area contributed by atoms with E-state index in [1.807, 2.05) is 6.20 Å². The van der Waals surface area contributed by atoms with Gasteiger partial charge >= 0.3 is 0 Å². The SMILES string of the molecule is C[C@H]1CN(C(C)(C)C)[C@@H](c2ccccc2)CC1CC(C)(C)N1CCC[C@@H]1c1ccnn1C. The van der Waals surface area contributed by atoms with Crippen molar-refractivity contribution in [2.75, 3.05) is 13.1 Å². The van der Waals surface area contributed by atoms with Crippen molar-refractivity contribution in [2.45, 2.75) is 90.4 Å². The molecule has 4 heteroatoms. The van der Waals surface area contributed by atoms with Crippen LogP contribution in [0.5, 0.6) is 0 Å². The molecule has 0 N–H and O–H groups in total. The Balaban J connectivity index is 1.55. The minimum absolute atomic E-state index is 0.175. The van der Waals surface area contributed by atoms with E-state index in [1.54, 1.807) is 0 Å². The van der Waals surface area contributed by atoms with E-state index < -0.39 is 0 Å². The summed E-state index contributed by atoms with van der Waals surface area (Å²) in [5.41, 5.74) is 3.20. The fourth-order valence-electron chi connectivity index (χ4n) is 6.52. The molecular weight excluding hydrogens is 392 g/mol. The van der Waals surface area contributed by atoms with E-state index in [0.717, 1.165) is 5.92 Å². The number of hydrogen-bond donors (Lipinski definition) is 0. The normalized spacial score (nSPS) is 28.3. The van der Waals surface area contributed by atoms with Gasteiger partial charge in [0.15, 0.2) is 0 Å². The van der Waals surface area contributed by atoms with Gasteiger partial charge in [0.05, 0.1) is 11.7 Å². The summed E-state index contributed by atoms with van der Waals surface area (Å²) in [6, 6.07) is 14.4. The van der Waals surface area contributed by atoms with Gasteiger partial charge in [0.2, 0.25) is 0 Å². The zero-order valence-corrected chi connectivity index (χ0v) is 21.4. The molecule has 4 rings (SSSR count). The highest BCUT2D eigenvalue weighted by atomic mass is 15.3. The fraction of sp³-hybridized carbons (Fsp3) is 0.679. The van der Waals surface area contributed by atoms with E-state index in [9.17, 15) is 0 Å². The first-order valence-corrected chi connectivity index (χ1v) is 12.6. The third-order valence-corrected chi connectivity index (χ3v) is 8.23. The summed E-state index contributed by atoms with van der Waals surface area (Å²) in [7, 11) is 2.09. The van der Waals surface area contributed by atoms with Crippen molar-refractivity contribution in [3.63, 3.8) is 0 Å². The molecule has 2 aliphatic rings. The molecule has 176 valence electrons. The van der Waals surface area contributed by atoms with Crippen LogP contribution in [-0.2, 0) is 7.05 Å². The molecule has 2 aromatic rings. The van der Waals surface area contributed by atoms with Crippen LogP contribution < -0.4 is 0 Å². The number of aromatic nitrogens is 2. The third kappa shape index (κ3) is 4.68. The van der Waals surface area contributed by atoms with Crippen LogP contribution >= 0.6 is 0 Å². The summed E-state index contributed by atoms with van der Waals surface area (Å²) < 4.78 is 2.08. The maximum Gasteiger partial charge on any atom is 0.0552 e. The molecule has 2 saturated heterocycles. The van der Waals surface area contributed by atoms with Gasteiger partial charge in [0.1, 0.15) is 0 Å². The summed E-state index contributed by atoms with van der Waals surface area (Å²) in [5, 5.41) is 4.46. The second kappa shape index (κ2) is 8.95. The van der Waals surface area contributed by atoms with Crippen LogP contribution in [0.2, 0.25) is 0 Å². The first kappa shape index (κ1) is 23.5. The first-order chi connectivity index (χ1) is 15.1. The van der Waals surface area contributed by atoms with Crippen molar-refractivity contribution >= 4 is 0 Å². The average molecular weight is 437 g/mol. The molecule has 32 heavy (non-hydrogen) atoms. The first-order valence-electron chi connectivity index (χ1n) is 12.6. The molecule has 4 atom stereocenters. The van der Waals surface area contributed by atoms with Crippen molar-refractivity contribution in [3.8, 4) is 0 Å². The second-order valence-electron chi connectivity index (χ2n) is 12.0.